The number of ether oxygens (including phenoxy) is 8. The lowest BCUT2D eigenvalue weighted by Crippen LogP contribution is -2.16. The number of carbonyl (C=O) groups excluding carboxylic acids is 2. The van der Waals surface area contributed by atoms with Crippen LogP contribution >= 0.6 is 0 Å². The minimum atomic E-state index is -0.807. The summed E-state index contributed by atoms with van der Waals surface area (Å²) in [6.45, 7) is -0.169. The quantitative estimate of drug-likeness (QED) is 0.267. The summed E-state index contributed by atoms with van der Waals surface area (Å²) in [4.78, 5) is 25.9. The molecular formula is C26H28N2O10. The first kappa shape index (κ1) is 28.0. The van der Waals surface area contributed by atoms with Gasteiger partial charge in [0.25, 0.3) is 0 Å². The number of rotatable bonds is 11. The molecule has 0 aliphatic rings. The van der Waals surface area contributed by atoms with E-state index in [2.05, 4.69) is 10.2 Å². The summed E-state index contributed by atoms with van der Waals surface area (Å²) in [6, 6.07) is 8.19. The van der Waals surface area contributed by atoms with Crippen molar-refractivity contribution < 1.29 is 47.5 Å². The number of benzene rings is 2. The molecule has 2 aromatic carbocycles. The van der Waals surface area contributed by atoms with E-state index in [4.69, 9.17) is 37.9 Å². The molecule has 1 aromatic heterocycles. The monoisotopic (exact) mass is 528 g/mol. The third-order valence-electron chi connectivity index (χ3n) is 5.49. The molecule has 0 amide bonds. The van der Waals surface area contributed by atoms with Crippen LogP contribution in [0.2, 0.25) is 0 Å². The van der Waals surface area contributed by atoms with Gasteiger partial charge in [0.05, 0.1) is 42.7 Å². The van der Waals surface area contributed by atoms with Crippen LogP contribution in [0, 0.1) is 0 Å². The van der Waals surface area contributed by atoms with Crippen LogP contribution in [0.25, 0.3) is 22.3 Å². The highest BCUT2D eigenvalue weighted by Gasteiger charge is 2.31. The number of aromatic nitrogens is 2. The predicted molar refractivity (Wildman–Crippen MR) is 134 cm³/mol. The molecule has 0 saturated heterocycles. The van der Waals surface area contributed by atoms with E-state index in [0.29, 0.717) is 28.4 Å². The third kappa shape index (κ3) is 5.25. The van der Waals surface area contributed by atoms with Crippen LogP contribution in [-0.2, 0) is 14.2 Å². The van der Waals surface area contributed by atoms with Crippen molar-refractivity contribution >= 4 is 11.9 Å². The Kier molecular flexibility index (Phi) is 9.28. The third-order valence-corrected chi connectivity index (χ3v) is 5.49. The molecule has 0 bridgehead atoms. The average molecular weight is 529 g/mol. The van der Waals surface area contributed by atoms with Crippen molar-refractivity contribution in [2.75, 3.05) is 56.6 Å². The Hall–Kier alpha value is -4.58. The van der Waals surface area contributed by atoms with Crippen LogP contribution in [-0.4, -0.2) is 78.7 Å². The first-order chi connectivity index (χ1) is 18.4. The molecule has 1 heterocycles. The number of esters is 2. The lowest BCUT2D eigenvalue weighted by atomic mass is 9.91. The van der Waals surface area contributed by atoms with Gasteiger partial charge in [0.1, 0.15) is 0 Å². The van der Waals surface area contributed by atoms with Gasteiger partial charge in [0.15, 0.2) is 41.2 Å². The molecule has 12 heteroatoms. The summed E-state index contributed by atoms with van der Waals surface area (Å²) in [5.41, 5.74) is 0.735. The van der Waals surface area contributed by atoms with Crippen LogP contribution in [0.15, 0.2) is 30.3 Å². The first-order valence-corrected chi connectivity index (χ1v) is 11.1. The van der Waals surface area contributed by atoms with Gasteiger partial charge in [0, 0.05) is 23.8 Å². The molecule has 0 aliphatic heterocycles. The maximum absolute atomic E-state index is 13.0. The maximum atomic E-state index is 13.0. The summed E-state index contributed by atoms with van der Waals surface area (Å²) in [7, 11) is 9.73. The maximum Gasteiger partial charge on any atom is 0.359 e. The minimum absolute atomic E-state index is 0.157. The van der Waals surface area contributed by atoms with Crippen LogP contribution < -0.4 is 23.7 Å². The Morgan fingerprint density at radius 2 is 1.24 bits per heavy atom. The second kappa shape index (κ2) is 12.6. The fourth-order valence-electron chi connectivity index (χ4n) is 3.81. The molecule has 0 atom stereocenters. The lowest BCUT2D eigenvalue weighted by molar-refractivity contribution is 0.0493. The standard InChI is InChI=1S/C26H28N2O10/c1-31-13-38-23-15(9-11-17(33-3)24(23)35-5)20-19(14-8-10-16(32-2)18(12-14)34-4)21(25(29)36-6)27-28-22(20)26(30)37-7/h8-12H,13H2,1-7H3. The van der Waals surface area contributed by atoms with Crippen molar-refractivity contribution in [2.24, 2.45) is 0 Å². The molecule has 0 saturated carbocycles. The van der Waals surface area contributed by atoms with Crippen LogP contribution in [0.5, 0.6) is 28.7 Å². The topological polar surface area (TPSA) is 134 Å². The average Bonchev–Trinajstić information content (AvgIpc) is 2.97. The fourth-order valence-corrected chi connectivity index (χ4v) is 3.81. The summed E-state index contributed by atoms with van der Waals surface area (Å²) in [6.07, 6.45) is 0. The highest BCUT2D eigenvalue weighted by molar-refractivity contribution is 6.07. The van der Waals surface area contributed by atoms with Gasteiger partial charge < -0.3 is 37.9 Å². The summed E-state index contributed by atoms with van der Waals surface area (Å²) < 4.78 is 42.8. The molecular weight excluding hydrogens is 500 g/mol. The number of carbonyl (C=O) groups is 2. The van der Waals surface area contributed by atoms with Crippen LogP contribution in [0.4, 0.5) is 0 Å². The Morgan fingerprint density at radius 1 is 0.658 bits per heavy atom. The molecule has 0 fully saturated rings. The molecule has 0 unspecified atom stereocenters. The van der Waals surface area contributed by atoms with Gasteiger partial charge in [-0.15, -0.1) is 10.2 Å². The highest BCUT2D eigenvalue weighted by atomic mass is 16.7. The van der Waals surface area contributed by atoms with Gasteiger partial charge in [-0.05, 0) is 29.8 Å². The van der Waals surface area contributed by atoms with E-state index in [1.54, 1.807) is 30.3 Å². The molecule has 3 aromatic rings. The molecule has 3 rings (SSSR count). The fraction of sp³-hybridized carbons (Fsp3) is 0.308. The highest BCUT2D eigenvalue weighted by Crippen LogP contribution is 2.49. The van der Waals surface area contributed by atoms with Gasteiger partial charge in [-0.1, -0.05) is 6.07 Å². The number of hydrogen-bond donors (Lipinski definition) is 0. The Bertz CT molecular complexity index is 1330. The second-order valence-corrected chi connectivity index (χ2v) is 7.43. The Balaban J connectivity index is 2.56. The van der Waals surface area contributed by atoms with Gasteiger partial charge >= 0.3 is 11.9 Å². The van der Waals surface area contributed by atoms with Crippen molar-refractivity contribution in [3.05, 3.63) is 41.7 Å². The van der Waals surface area contributed by atoms with E-state index in [0.717, 1.165) is 0 Å². The number of methoxy groups -OCH3 is 7. The summed E-state index contributed by atoms with van der Waals surface area (Å²) >= 11 is 0. The normalized spacial score (nSPS) is 10.4. The molecule has 0 radical (unpaired) electrons. The minimum Gasteiger partial charge on any atom is -0.493 e. The van der Waals surface area contributed by atoms with Gasteiger partial charge in [-0.3, -0.25) is 0 Å². The predicted octanol–water partition coefficient (Wildman–Crippen LogP) is 3.40. The zero-order chi connectivity index (χ0) is 27.8. The van der Waals surface area contributed by atoms with E-state index >= 15 is 0 Å². The zero-order valence-electron chi connectivity index (χ0n) is 22.1. The van der Waals surface area contributed by atoms with Gasteiger partial charge in [-0.25, -0.2) is 9.59 Å². The van der Waals surface area contributed by atoms with Crippen molar-refractivity contribution in [3.63, 3.8) is 0 Å². The molecule has 0 aliphatic carbocycles. The Labute approximate surface area is 219 Å². The van der Waals surface area contributed by atoms with Crippen molar-refractivity contribution in [3.8, 4) is 51.0 Å². The zero-order valence-corrected chi connectivity index (χ0v) is 22.1. The van der Waals surface area contributed by atoms with E-state index < -0.39 is 11.9 Å². The number of nitrogens with zero attached hydrogens (tertiary/aromatic N) is 2. The molecule has 0 spiro atoms. The van der Waals surface area contributed by atoms with Crippen molar-refractivity contribution in [1.82, 2.24) is 10.2 Å². The SMILES string of the molecule is COCOc1c(-c2c(C(=O)OC)nnc(C(=O)OC)c2-c2ccc(OC)c(OC)c2)ccc(OC)c1OC. The van der Waals surface area contributed by atoms with Gasteiger partial charge in [0.2, 0.25) is 5.75 Å². The van der Waals surface area contributed by atoms with E-state index in [1.165, 1.54) is 49.8 Å². The van der Waals surface area contributed by atoms with Crippen LogP contribution in [0.3, 0.4) is 0 Å². The van der Waals surface area contributed by atoms with Crippen LogP contribution in [0.1, 0.15) is 21.0 Å². The molecule has 38 heavy (non-hydrogen) atoms. The molecule has 202 valence electrons. The van der Waals surface area contributed by atoms with E-state index in [9.17, 15) is 9.59 Å². The lowest BCUT2D eigenvalue weighted by Gasteiger charge is -2.21. The van der Waals surface area contributed by atoms with E-state index in [-0.39, 0.29) is 40.8 Å². The first-order valence-electron chi connectivity index (χ1n) is 11.1. The summed E-state index contributed by atoms with van der Waals surface area (Å²) in [5.74, 6) is -0.0612. The number of hydrogen-bond acceptors (Lipinski definition) is 12. The van der Waals surface area contributed by atoms with Gasteiger partial charge in [-0.2, -0.15) is 0 Å². The molecule has 0 N–H and O–H groups in total. The molecule has 12 nitrogen and oxygen atoms in total. The van der Waals surface area contributed by atoms with Crippen molar-refractivity contribution in [2.45, 2.75) is 0 Å². The van der Waals surface area contributed by atoms with Crippen molar-refractivity contribution in [1.29, 1.82) is 0 Å². The Morgan fingerprint density at radius 3 is 1.76 bits per heavy atom. The summed E-state index contributed by atoms with van der Waals surface area (Å²) in [5, 5.41) is 8.06. The largest absolute Gasteiger partial charge is 0.493 e. The van der Waals surface area contributed by atoms with E-state index in [1.807, 2.05) is 0 Å². The smallest absolute Gasteiger partial charge is 0.359 e. The second-order valence-electron chi connectivity index (χ2n) is 7.43.